The standard InChI is InChI=1S/C18H14N4O2S/c1-24-25(23)15-4-2-3-14(11-15)16-5-6-18-20-12-17(22(18)21-16)13-7-9-19-10-8-13/h2-12H,1H3. The van der Waals surface area contributed by atoms with Crippen molar-refractivity contribution in [3.05, 3.63) is 67.1 Å². The largest absolute Gasteiger partial charge is 0.290 e. The molecular formula is C18H14N4O2S. The van der Waals surface area contributed by atoms with Crippen LogP contribution in [0.25, 0.3) is 28.2 Å². The van der Waals surface area contributed by atoms with Crippen LogP contribution in [0.15, 0.2) is 72.0 Å². The first-order valence-corrected chi connectivity index (χ1v) is 8.65. The molecule has 0 N–H and O–H groups in total. The van der Waals surface area contributed by atoms with Crippen LogP contribution < -0.4 is 0 Å². The van der Waals surface area contributed by atoms with Crippen molar-refractivity contribution < 1.29 is 8.39 Å². The first kappa shape index (κ1) is 15.6. The molecule has 1 unspecified atom stereocenters. The van der Waals surface area contributed by atoms with Gasteiger partial charge in [-0.25, -0.2) is 13.7 Å². The van der Waals surface area contributed by atoms with Gasteiger partial charge in [0.05, 0.1) is 29.6 Å². The summed E-state index contributed by atoms with van der Waals surface area (Å²) in [7, 11) is 1.42. The van der Waals surface area contributed by atoms with Crippen LogP contribution in [0.3, 0.4) is 0 Å². The van der Waals surface area contributed by atoms with E-state index in [2.05, 4.69) is 9.97 Å². The molecule has 0 aliphatic carbocycles. The SMILES string of the molecule is COS(=O)c1cccc(-c2ccc3ncc(-c4ccncc4)n3n2)c1. The van der Waals surface area contributed by atoms with Gasteiger partial charge >= 0.3 is 0 Å². The number of rotatable bonds is 4. The predicted octanol–water partition coefficient (Wildman–Crippen LogP) is 3.13. The van der Waals surface area contributed by atoms with Crippen molar-refractivity contribution >= 4 is 16.7 Å². The van der Waals surface area contributed by atoms with Crippen LogP contribution in [0.2, 0.25) is 0 Å². The normalized spacial score (nSPS) is 12.4. The van der Waals surface area contributed by atoms with Gasteiger partial charge in [0, 0.05) is 23.5 Å². The number of pyridine rings is 1. The van der Waals surface area contributed by atoms with E-state index in [1.54, 1.807) is 29.2 Å². The average Bonchev–Trinajstić information content (AvgIpc) is 3.11. The van der Waals surface area contributed by atoms with Crippen molar-refractivity contribution in [1.82, 2.24) is 19.6 Å². The highest BCUT2D eigenvalue weighted by Crippen LogP contribution is 2.24. The van der Waals surface area contributed by atoms with Gasteiger partial charge in [0.2, 0.25) is 0 Å². The molecule has 4 aromatic rings. The minimum absolute atomic E-state index is 0.599. The summed E-state index contributed by atoms with van der Waals surface area (Å²) in [6, 6.07) is 15.0. The Hall–Kier alpha value is -2.90. The van der Waals surface area contributed by atoms with Crippen LogP contribution in [-0.4, -0.2) is 30.9 Å². The predicted molar refractivity (Wildman–Crippen MR) is 95.1 cm³/mol. The van der Waals surface area contributed by atoms with E-state index >= 15 is 0 Å². The lowest BCUT2D eigenvalue weighted by Crippen LogP contribution is -1.98. The Morgan fingerprint density at radius 1 is 1.04 bits per heavy atom. The Labute approximate surface area is 146 Å². The van der Waals surface area contributed by atoms with Crippen molar-refractivity contribution in [3.8, 4) is 22.5 Å². The van der Waals surface area contributed by atoms with Gasteiger partial charge in [-0.3, -0.25) is 9.17 Å². The van der Waals surface area contributed by atoms with Crippen molar-refractivity contribution in [2.45, 2.75) is 4.90 Å². The maximum atomic E-state index is 11.9. The van der Waals surface area contributed by atoms with Gasteiger partial charge in [-0.15, -0.1) is 0 Å². The van der Waals surface area contributed by atoms with E-state index in [0.29, 0.717) is 4.90 Å². The fourth-order valence-electron chi connectivity index (χ4n) is 2.60. The summed E-state index contributed by atoms with van der Waals surface area (Å²) in [5.74, 6) is 0. The summed E-state index contributed by atoms with van der Waals surface area (Å²) < 4.78 is 18.5. The highest BCUT2D eigenvalue weighted by molar-refractivity contribution is 7.80. The molecule has 0 aliphatic heterocycles. The number of fused-ring (bicyclic) bond motifs is 1. The minimum Gasteiger partial charge on any atom is -0.290 e. The summed E-state index contributed by atoms with van der Waals surface area (Å²) in [6.07, 6.45) is 5.27. The van der Waals surface area contributed by atoms with Gasteiger partial charge in [-0.05, 0) is 36.4 Å². The molecule has 0 amide bonds. The fraction of sp³-hybridized carbons (Fsp3) is 0.0556. The van der Waals surface area contributed by atoms with Gasteiger partial charge in [0.15, 0.2) is 16.7 Å². The second-order valence-corrected chi connectivity index (χ2v) is 6.57. The molecule has 0 aliphatic rings. The molecular weight excluding hydrogens is 336 g/mol. The number of nitrogens with zero attached hydrogens (tertiary/aromatic N) is 4. The van der Waals surface area contributed by atoms with Gasteiger partial charge in [0.25, 0.3) is 0 Å². The van der Waals surface area contributed by atoms with E-state index in [0.717, 1.165) is 28.2 Å². The molecule has 124 valence electrons. The third-order valence-electron chi connectivity index (χ3n) is 3.81. The maximum Gasteiger partial charge on any atom is 0.188 e. The molecule has 3 heterocycles. The van der Waals surface area contributed by atoms with Gasteiger partial charge in [-0.2, -0.15) is 5.10 Å². The molecule has 25 heavy (non-hydrogen) atoms. The zero-order valence-corrected chi connectivity index (χ0v) is 14.2. The van der Waals surface area contributed by atoms with Crippen LogP contribution >= 0.6 is 0 Å². The van der Waals surface area contributed by atoms with Crippen LogP contribution in [0.5, 0.6) is 0 Å². The van der Waals surface area contributed by atoms with Crippen LogP contribution in [-0.2, 0) is 15.3 Å². The first-order chi connectivity index (χ1) is 12.3. The topological polar surface area (TPSA) is 69.4 Å². The van der Waals surface area contributed by atoms with E-state index in [1.165, 1.54) is 7.11 Å². The van der Waals surface area contributed by atoms with Crippen molar-refractivity contribution in [2.75, 3.05) is 7.11 Å². The summed E-state index contributed by atoms with van der Waals surface area (Å²) in [5, 5.41) is 4.70. The zero-order chi connectivity index (χ0) is 17.2. The maximum absolute atomic E-state index is 11.9. The van der Waals surface area contributed by atoms with Crippen LogP contribution in [0, 0.1) is 0 Å². The number of hydrogen-bond donors (Lipinski definition) is 0. The lowest BCUT2D eigenvalue weighted by Gasteiger charge is -2.06. The van der Waals surface area contributed by atoms with E-state index < -0.39 is 11.1 Å². The molecule has 0 fully saturated rings. The van der Waals surface area contributed by atoms with Crippen molar-refractivity contribution in [3.63, 3.8) is 0 Å². The molecule has 0 saturated carbocycles. The first-order valence-electron chi connectivity index (χ1n) is 7.58. The van der Waals surface area contributed by atoms with Gasteiger partial charge in [0.1, 0.15) is 0 Å². The summed E-state index contributed by atoms with van der Waals surface area (Å²) in [6.45, 7) is 0. The molecule has 7 heteroatoms. The summed E-state index contributed by atoms with van der Waals surface area (Å²) in [5.41, 5.74) is 4.25. The Morgan fingerprint density at radius 3 is 2.68 bits per heavy atom. The van der Waals surface area contributed by atoms with E-state index in [4.69, 9.17) is 9.28 Å². The van der Waals surface area contributed by atoms with Crippen LogP contribution in [0.1, 0.15) is 0 Å². The second-order valence-electron chi connectivity index (χ2n) is 5.30. The third-order valence-corrected chi connectivity index (χ3v) is 4.75. The molecule has 3 aromatic heterocycles. The summed E-state index contributed by atoms with van der Waals surface area (Å²) in [4.78, 5) is 9.04. The second kappa shape index (κ2) is 6.54. The minimum atomic E-state index is -1.48. The van der Waals surface area contributed by atoms with Crippen molar-refractivity contribution in [1.29, 1.82) is 0 Å². The lowest BCUT2D eigenvalue weighted by atomic mass is 10.1. The average molecular weight is 350 g/mol. The molecule has 0 radical (unpaired) electrons. The van der Waals surface area contributed by atoms with E-state index in [9.17, 15) is 4.21 Å². The smallest absolute Gasteiger partial charge is 0.188 e. The molecule has 1 aromatic carbocycles. The fourth-order valence-corrected chi connectivity index (χ4v) is 3.21. The molecule has 0 bridgehead atoms. The van der Waals surface area contributed by atoms with Gasteiger partial charge in [-0.1, -0.05) is 12.1 Å². The van der Waals surface area contributed by atoms with E-state index in [-0.39, 0.29) is 0 Å². The monoisotopic (exact) mass is 350 g/mol. The van der Waals surface area contributed by atoms with E-state index in [1.807, 2.05) is 42.5 Å². The quantitative estimate of drug-likeness (QED) is 0.565. The van der Waals surface area contributed by atoms with Gasteiger partial charge < -0.3 is 0 Å². The lowest BCUT2D eigenvalue weighted by molar-refractivity contribution is 0.446. The zero-order valence-electron chi connectivity index (χ0n) is 13.4. The molecule has 4 rings (SSSR count). The number of aromatic nitrogens is 4. The number of benzene rings is 1. The molecule has 0 saturated heterocycles. The Kier molecular flexibility index (Phi) is 4.09. The molecule has 1 atom stereocenters. The molecule has 6 nitrogen and oxygen atoms in total. The highest BCUT2D eigenvalue weighted by atomic mass is 32.2. The Morgan fingerprint density at radius 2 is 1.88 bits per heavy atom. The number of hydrogen-bond acceptors (Lipinski definition) is 5. The Balaban J connectivity index is 1.83. The highest BCUT2D eigenvalue weighted by Gasteiger charge is 2.10. The summed E-state index contributed by atoms with van der Waals surface area (Å²) >= 11 is -1.48. The number of imidazole rings is 1. The third kappa shape index (κ3) is 2.95. The molecule has 0 spiro atoms. The van der Waals surface area contributed by atoms with Crippen molar-refractivity contribution in [2.24, 2.45) is 0 Å². The Bertz CT molecular complexity index is 1060. The van der Waals surface area contributed by atoms with Crippen LogP contribution in [0.4, 0.5) is 0 Å².